The van der Waals surface area contributed by atoms with Crippen molar-refractivity contribution in [2.24, 2.45) is 5.92 Å². The van der Waals surface area contributed by atoms with E-state index >= 15 is 0 Å². The zero-order chi connectivity index (χ0) is 16.2. The van der Waals surface area contributed by atoms with Gasteiger partial charge in [-0.1, -0.05) is 6.07 Å². The summed E-state index contributed by atoms with van der Waals surface area (Å²) >= 11 is 0. The van der Waals surface area contributed by atoms with Crippen molar-refractivity contribution in [3.05, 3.63) is 23.8 Å². The fourth-order valence-corrected chi connectivity index (χ4v) is 2.92. The summed E-state index contributed by atoms with van der Waals surface area (Å²) in [6, 6.07) is 5.62. The molecule has 2 aliphatic rings. The van der Waals surface area contributed by atoms with Crippen molar-refractivity contribution >= 4 is 5.91 Å². The minimum Gasteiger partial charge on any atom is -0.493 e. The molecule has 0 spiro atoms. The topological polar surface area (TPSA) is 48.0 Å². The maximum atomic E-state index is 12.5. The van der Waals surface area contributed by atoms with E-state index in [1.54, 1.807) is 14.2 Å². The van der Waals surface area contributed by atoms with Crippen molar-refractivity contribution in [1.29, 1.82) is 0 Å². The highest BCUT2D eigenvalue weighted by Crippen LogP contribution is 2.30. The van der Waals surface area contributed by atoms with Crippen molar-refractivity contribution in [2.75, 3.05) is 33.9 Å². The van der Waals surface area contributed by atoms with Crippen molar-refractivity contribution < 1.29 is 19.0 Å². The van der Waals surface area contributed by atoms with E-state index in [9.17, 15) is 4.79 Å². The van der Waals surface area contributed by atoms with Crippen LogP contribution in [0.2, 0.25) is 0 Å². The monoisotopic (exact) mass is 319 g/mol. The number of ether oxygens (including phenoxy) is 3. The second-order valence-corrected chi connectivity index (χ2v) is 6.39. The highest BCUT2D eigenvalue weighted by atomic mass is 16.5. The third-order valence-corrected chi connectivity index (χ3v) is 4.57. The number of carbonyl (C=O) groups excluding carboxylic acids is 1. The van der Waals surface area contributed by atoms with E-state index in [4.69, 9.17) is 14.2 Å². The second kappa shape index (κ2) is 7.21. The molecule has 1 aliphatic carbocycles. The van der Waals surface area contributed by atoms with E-state index in [2.05, 4.69) is 0 Å². The average Bonchev–Trinajstić information content (AvgIpc) is 3.28. The molecule has 23 heavy (non-hydrogen) atoms. The Bertz CT molecular complexity index is 556. The number of carbonyl (C=O) groups is 1. The van der Waals surface area contributed by atoms with E-state index in [-0.39, 0.29) is 12.0 Å². The summed E-state index contributed by atoms with van der Waals surface area (Å²) in [7, 11) is 3.21. The van der Waals surface area contributed by atoms with Crippen molar-refractivity contribution in [3.63, 3.8) is 0 Å². The highest BCUT2D eigenvalue weighted by molar-refractivity contribution is 5.79. The zero-order valence-corrected chi connectivity index (χ0v) is 13.9. The Balaban J connectivity index is 1.52. The van der Waals surface area contributed by atoms with E-state index in [1.807, 2.05) is 23.1 Å². The molecule has 0 N–H and O–H groups in total. The number of likely N-dealkylation sites (tertiary alicyclic amines) is 1. The first kappa shape index (κ1) is 16.1. The van der Waals surface area contributed by atoms with Crippen molar-refractivity contribution in [1.82, 2.24) is 4.90 Å². The van der Waals surface area contributed by atoms with E-state index in [0.29, 0.717) is 17.9 Å². The first-order valence-electron chi connectivity index (χ1n) is 8.30. The van der Waals surface area contributed by atoms with Gasteiger partial charge in [0.05, 0.1) is 26.7 Å². The van der Waals surface area contributed by atoms with Gasteiger partial charge in [0.25, 0.3) is 0 Å². The van der Waals surface area contributed by atoms with Gasteiger partial charge in [-0.2, -0.15) is 0 Å². The Morgan fingerprint density at radius 2 is 1.96 bits per heavy atom. The van der Waals surface area contributed by atoms with Gasteiger partial charge in [-0.05, 0) is 42.9 Å². The van der Waals surface area contributed by atoms with Gasteiger partial charge in [-0.25, -0.2) is 0 Å². The van der Waals surface area contributed by atoms with Crippen LogP contribution in [-0.2, 0) is 16.0 Å². The number of methoxy groups -OCH3 is 2. The van der Waals surface area contributed by atoms with Crippen LogP contribution in [0.3, 0.4) is 0 Å². The van der Waals surface area contributed by atoms with Crippen LogP contribution < -0.4 is 9.47 Å². The third kappa shape index (κ3) is 4.16. The molecule has 0 radical (unpaired) electrons. The molecule has 1 heterocycles. The molecule has 1 saturated carbocycles. The number of hydrogen-bond donors (Lipinski definition) is 0. The van der Waals surface area contributed by atoms with Gasteiger partial charge in [0.2, 0.25) is 5.91 Å². The van der Waals surface area contributed by atoms with Gasteiger partial charge < -0.3 is 19.1 Å². The van der Waals surface area contributed by atoms with Crippen molar-refractivity contribution in [3.8, 4) is 11.5 Å². The molecule has 2 fully saturated rings. The minimum absolute atomic E-state index is 0.148. The lowest BCUT2D eigenvalue weighted by Gasteiger charge is -2.17. The molecular weight excluding hydrogens is 294 g/mol. The lowest BCUT2D eigenvalue weighted by atomic mass is 10.1. The quantitative estimate of drug-likeness (QED) is 0.773. The zero-order valence-electron chi connectivity index (χ0n) is 13.9. The second-order valence-electron chi connectivity index (χ2n) is 6.39. The van der Waals surface area contributed by atoms with E-state index in [1.165, 1.54) is 12.8 Å². The molecule has 1 unspecified atom stereocenters. The van der Waals surface area contributed by atoms with Crippen LogP contribution in [0.25, 0.3) is 0 Å². The molecule has 1 amide bonds. The van der Waals surface area contributed by atoms with Gasteiger partial charge in [-0.15, -0.1) is 0 Å². The molecule has 3 rings (SSSR count). The van der Waals surface area contributed by atoms with E-state index < -0.39 is 0 Å². The average molecular weight is 319 g/mol. The molecule has 1 saturated heterocycles. The summed E-state index contributed by atoms with van der Waals surface area (Å²) in [6.45, 7) is 2.38. The predicted molar refractivity (Wildman–Crippen MR) is 86.9 cm³/mol. The molecule has 1 aromatic rings. The maximum absolute atomic E-state index is 12.5. The summed E-state index contributed by atoms with van der Waals surface area (Å²) in [5.74, 6) is 2.25. The molecule has 5 heteroatoms. The third-order valence-electron chi connectivity index (χ3n) is 4.57. The molecule has 1 aromatic carbocycles. The van der Waals surface area contributed by atoms with Gasteiger partial charge in [0.15, 0.2) is 11.5 Å². The number of hydrogen-bond acceptors (Lipinski definition) is 4. The Labute approximate surface area is 137 Å². The Morgan fingerprint density at radius 1 is 1.17 bits per heavy atom. The largest absolute Gasteiger partial charge is 0.493 e. The van der Waals surface area contributed by atoms with Crippen LogP contribution >= 0.6 is 0 Å². The first-order chi connectivity index (χ1) is 11.2. The number of nitrogens with zero attached hydrogens (tertiary/aromatic N) is 1. The first-order valence-corrected chi connectivity index (χ1v) is 8.30. The fraction of sp³-hybridized carbons (Fsp3) is 0.611. The standard InChI is InChI=1S/C18H25NO4/c1-21-16-6-5-14(9-17(16)22-2)10-18(20)19-8-7-15(11-19)23-12-13-3-4-13/h5-6,9,13,15H,3-4,7-8,10-12H2,1-2H3. The molecule has 1 atom stereocenters. The number of amides is 1. The predicted octanol–water partition coefficient (Wildman–Crippen LogP) is 2.27. The summed E-state index contributed by atoms with van der Waals surface area (Å²) in [5.41, 5.74) is 0.940. The Kier molecular flexibility index (Phi) is 5.06. The van der Waals surface area contributed by atoms with Crippen LogP contribution in [0.1, 0.15) is 24.8 Å². The van der Waals surface area contributed by atoms with E-state index in [0.717, 1.165) is 37.6 Å². The van der Waals surface area contributed by atoms with Gasteiger partial charge in [0.1, 0.15) is 0 Å². The molecule has 0 aromatic heterocycles. The molecule has 126 valence electrons. The Morgan fingerprint density at radius 3 is 2.65 bits per heavy atom. The van der Waals surface area contributed by atoms with Gasteiger partial charge in [-0.3, -0.25) is 4.79 Å². The number of rotatable bonds is 7. The summed E-state index contributed by atoms with van der Waals surface area (Å²) in [6.07, 6.45) is 4.15. The molecule has 5 nitrogen and oxygen atoms in total. The Hall–Kier alpha value is -1.75. The van der Waals surface area contributed by atoms with Crippen molar-refractivity contribution in [2.45, 2.75) is 31.8 Å². The summed E-state index contributed by atoms with van der Waals surface area (Å²) in [4.78, 5) is 14.4. The normalized spacial score (nSPS) is 20.6. The molecular formula is C18H25NO4. The van der Waals surface area contributed by atoms with Crippen LogP contribution in [0.4, 0.5) is 0 Å². The smallest absolute Gasteiger partial charge is 0.227 e. The lowest BCUT2D eigenvalue weighted by Crippen LogP contribution is -2.31. The van der Waals surface area contributed by atoms with Gasteiger partial charge in [0, 0.05) is 19.7 Å². The van der Waals surface area contributed by atoms with Crippen LogP contribution in [-0.4, -0.2) is 50.8 Å². The maximum Gasteiger partial charge on any atom is 0.227 e. The van der Waals surface area contributed by atoms with Crippen LogP contribution in [0.5, 0.6) is 11.5 Å². The molecule has 0 bridgehead atoms. The number of benzene rings is 1. The fourth-order valence-electron chi connectivity index (χ4n) is 2.92. The SMILES string of the molecule is COc1ccc(CC(=O)N2CCC(OCC3CC3)C2)cc1OC. The van der Waals surface area contributed by atoms with Gasteiger partial charge >= 0.3 is 0 Å². The minimum atomic E-state index is 0.148. The summed E-state index contributed by atoms with van der Waals surface area (Å²) in [5, 5.41) is 0. The summed E-state index contributed by atoms with van der Waals surface area (Å²) < 4.78 is 16.4. The molecule has 1 aliphatic heterocycles. The highest BCUT2D eigenvalue weighted by Gasteiger charge is 2.29. The van der Waals surface area contributed by atoms with Crippen LogP contribution in [0.15, 0.2) is 18.2 Å². The van der Waals surface area contributed by atoms with Crippen LogP contribution in [0, 0.1) is 5.92 Å². The lowest BCUT2D eigenvalue weighted by molar-refractivity contribution is -0.130.